The molecule has 7 heteroatoms. The van der Waals surface area contributed by atoms with Crippen LogP contribution >= 0.6 is 12.2 Å². The first-order valence-electron chi connectivity index (χ1n) is 7.52. The van der Waals surface area contributed by atoms with E-state index in [0.29, 0.717) is 23.9 Å². The minimum absolute atomic E-state index is 0.0116. The van der Waals surface area contributed by atoms with Gasteiger partial charge in [0.25, 0.3) is 5.56 Å². The molecule has 0 unspecified atom stereocenters. The van der Waals surface area contributed by atoms with Crippen LogP contribution in [-0.2, 0) is 7.05 Å². The van der Waals surface area contributed by atoms with Gasteiger partial charge in [-0.15, -0.1) is 0 Å². The zero-order chi connectivity index (χ0) is 17.0. The van der Waals surface area contributed by atoms with E-state index in [-0.39, 0.29) is 12.2 Å². The predicted octanol–water partition coefficient (Wildman–Crippen LogP) is 1.50. The number of nitrogens with zero attached hydrogens (tertiary/aromatic N) is 3. The maximum Gasteiger partial charge on any atom is 0.295 e. The van der Waals surface area contributed by atoms with Crippen molar-refractivity contribution in [3.8, 4) is 5.69 Å². The Balaban J connectivity index is 2.38. The molecule has 0 aliphatic rings. The Labute approximate surface area is 140 Å². The molecule has 1 aromatic carbocycles. The van der Waals surface area contributed by atoms with Crippen molar-refractivity contribution in [2.24, 2.45) is 7.05 Å². The standard InChI is InChI=1S/C16H22N4O2S/c1-4-19(10-11-21)16(23)17-14-12(2)18(3)20(15(14)22)13-8-6-5-7-9-13/h5-9,21H,4,10-11H2,1-3H3,(H,17,23). The summed E-state index contributed by atoms with van der Waals surface area (Å²) in [5.74, 6) is 0. The molecule has 2 N–H and O–H groups in total. The average Bonchev–Trinajstić information content (AvgIpc) is 2.77. The molecule has 124 valence electrons. The van der Waals surface area contributed by atoms with E-state index in [2.05, 4.69) is 5.32 Å². The number of thiocarbonyl (C=S) groups is 1. The second kappa shape index (κ2) is 7.43. The van der Waals surface area contributed by atoms with Gasteiger partial charge in [-0.25, -0.2) is 4.68 Å². The van der Waals surface area contributed by atoms with E-state index in [1.807, 2.05) is 56.1 Å². The highest BCUT2D eigenvalue weighted by molar-refractivity contribution is 7.80. The number of aliphatic hydroxyl groups excluding tert-OH is 1. The SMILES string of the molecule is CCN(CCO)C(=S)Nc1c(C)n(C)n(-c2ccccc2)c1=O. The average molecular weight is 334 g/mol. The summed E-state index contributed by atoms with van der Waals surface area (Å²) in [6.07, 6.45) is 0. The third kappa shape index (κ3) is 3.46. The first kappa shape index (κ1) is 17.2. The summed E-state index contributed by atoms with van der Waals surface area (Å²) in [4.78, 5) is 14.6. The second-order valence-electron chi connectivity index (χ2n) is 5.17. The molecule has 0 bridgehead atoms. The third-order valence-electron chi connectivity index (χ3n) is 3.82. The summed E-state index contributed by atoms with van der Waals surface area (Å²) in [6, 6.07) is 9.45. The molecule has 6 nitrogen and oxygen atoms in total. The van der Waals surface area contributed by atoms with Crippen molar-refractivity contribution in [2.45, 2.75) is 13.8 Å². The molecule has 0 radical (unpaired) electrons. The molecule has 0 amide bonds. The molecule has 0 fully saturated rings. The van der Waals surface area contributed by atoms with E-state index in [4.69, 9.17) is 17.3 Å². The first-order chi connectivity index (χ1) is 11.0. The summed E-state index contributed by atoms with van der Waals surface area (Å²) in [6.45, 7) is 4.92. The maximum absolute atomic E-state index is 12.8. The molecular formula is C16H22N4O2S. The molecular weight excluding hydrogens is 312 g/mol. The van der Waals surface area contributed by atoms with Gasteiger partial charge < -0.3 is 15.3 Å². The number of hydrogen-bond donors (Lipinski definition) is 2. The molecule has 0 spiro atoms. The van der Waals surface area contributed by atoms with Gasteiger partial charge in [0.1, 0.15) is 5.69 Å². The lowest BCUT2D eigenvalue weighted by Crippen LogP contribution is -2.37. The van der Waals surface area contributed by atoms with Gasteiger partial charge in [0.2, 0.25) is 0 Å². The second-order valence-corrected chi connectivity index (χ2v) is 5.56. The van der Waals surface area contributed by atoms with Crippen molar-refractivity contribution >= 4 is 23.0 Å². The molecule has 1 aromatic heterocycles. The Morgan fingerprint density at radius 3 is 2.57 bits per heavy atom. The van der Waals surface area contributed by atoms with Crippen molar-refractivity contribution in [1.82, 2.24) is 14.3 Å². The Kier molecular flexibility index (Phi) is 5.57. The van der Waals surface area contributed by atoms with Gasteiger partial charge >= 0.3 is 0 Å². The highest BCUT2D eigenvalue weighted by atomic mass is 32.1. The maximum atomic E-state index is 12.8. The number of aliphatic hydroxyl groups is 1. The lowest BCUT2D eigenvalue weighted by Gasteiger charge is -2.22. The molecule has 0 aliphatic carbocycles. The number of likely N-dealkylation sites (N-methyl/N-ethyl adjacent to an activating group) is 1. The number of hydrogen-bond acceptors (Lipinski definition) is 3. The van der Waals surface area contributed by atoms with Crippen LogP contribution in [0.4, 0.5) is 5.69 Å². The van der Waals surface area contributed by atoms with Gasteiger partial charge in [0, 0.05) is 20.1 Å². The highest BCUT2D eigenvalue weighted by Gasteiger charge is 2.18. The number of benzene rings is 1. The van der Waals surface area contributed by atoms with Crippen molar-refractivity contribution in [3.05, 3.63) is 46.4 Å². The molecule has 2 aromatic rings. The van der Waals surface area contributed by atoms with Crippen molar-refractivity contribution in [1.29, 1.82) is 0 Å². The Morgan fingerprint density at radius 1 is 1.35 bits per heavy atom. The van der Waals surface area contributed by atoms with Gasteiger partial charge in [0.15, 0.2) is 5.11 Å². The molecule has 1 heterocycles. The molecule has 2 rings (SSSR count). The number of aromatic nitrogens is 2. The normalized spacial score (nSPS) is 10.6. The van der Waals surface area contributed by atoms with Crippen LogP contribution in [0.1, 0.15) is 12.6 Å². The smallest absolute Gasteiger partial charge is 0.295 e. The van der Waals surface area contributed by atoms with Crippen LogP contribution in [0.15, 0.2) is 35.1 Å². The Morgan fingerprint density at radius 2 is 2.00 bits per heavy atom. The number of nitrogens with one attached hydrogen (secondary N) is 1. The number of rotatable bonds is 5. The molecule has 23 heavy (non-hydrogen) atoms. The van der Waals surface area contributed by atoms with Gasteiger partial charge in [-0.05, 0) is 38.2 Å². The van der Waals surface area contributed by atoms with Crippen LogP contribution in [0.5, 0.6) is 0 Å². The van der Waals surface area contributed by atoms with Gasteiger partial charge in [-0.1, -0.05) is 18.2 Å². The summed E-state index contributed by atoms with van der Waals surface area (Å²) in [7, 11) is 1.84. The zero-order valence-corrected chi connectivity index (χ0v) is 14.4. The largest absolute Gasteiger partial charge is 0.395 e. The van der Waals surface area contributed by atoms with Crippen LogP contribution in [0.2, 0.25) is 0 Å². The Hall–Kier alpha value is -2.12. The molecule has 0 aliphatic heterocycles. The van der Waals surface area contributed by atoms with Crippen molar-refractivity contribution < 1.29 is 5.11 Å². The molecule has 0 saturated heterocycles. The molecule has 0 atom stereocenters. The van der Waals surface area contributed by atoms with E-state index in [0.717, 1.165) is 11.4 Å². The van der Waals surface area contributed by atoms with Gasteiger partial charge in [-0.2, -0.15) is 0 Å². The lowest BCUT2D eigenvalue weighted by molar-refractivity contribution is 0.254. The minimum atomic E-state index is -0.154. The summed E-state index contributed by atoms with van der Waals surface area (Å²) in [5.41, 5.74) is 1.89. The van der Waals surface area contributed by atoms with E-state index < -0.39 is 0 Å². The van der Waals surface area contributed by atoms with Crippen LogP contribution in [0.25, 0.3) is 5.69 Å². The quantitative estimate of drug-likeness (QED) is 0.812. The van der Waals surface area contributed by atoms with Crippen LogP contribution < -0.4 is 10.9 Å². The number of para-hydroxylation sites is 1. The summed E-state index contributed by atoms with van der Waals surface area (Å²) >= 11 is 5.36. The van der Waals surface area contributed by atoms with Crippen LogP contribution in [0, 0.1) is 6.92 Å². The van der Waals surface area contributed by atoms with Crippen LogP contribution in [-0.4, -0.2) is 44.2 Å². The fourth-order valence-corrected chi connectivity index (χ4v) is 2.74. The van der Waals surface area contributed by atoms with Gasteiger partial charge in [0.05, 0.1) is 18.0 Å². The predicted molar refractivity (Wildman–Crippen MR) is 96.3 cm³/mol. The van der Waals surface area contributed by atoms with Crippen molar-refractivity contribution in [3.63, 3.8) is 0 Å². The van der Waals surface area contributed by atoms with E-state index in [9.17, 15) is 4.79 Å². The van der Waals surface area contributed by atoms with E-state index in [1.165, 1.54) is 0 Å². The number of anilines is 1. The lowest BCUT2D eigenvalue weighted by atomic mass is 10.3. The summed E-state index contributed by atoms with van der Waals surface area (Å²) < 4.78 is 3.40. The van der Waals surface area contributed by atoms with E-state index in [1.54, 1.807) is 9.36 Å². The topological polar surface area (TPSA) is 62.4 Å². The monoisotopic (exact) mass is 334 g/mol. The Bertz CT molecular complexity index is 737. The van der Waals surface area contributed by atoms with Crippen LogP contribution in [0.3, 0.4) is 0 Å². The van der Waals surface area contributed by atoms with E-state index >= 15 is 0 Å². The fourth-order valence-electron chi connectivity index (χ4n) is 2.42. The third-order valence-corrected chi connectivity index (χ3v) is 4.19. The minimum Gasteiger partial charge on any atom is -0.395 e. The van der Waals surface area contributed by atoms with Crippen molar-refractivity contribution in [2.75, 3.05) is 25.0 Å². The fraction of sp³-hybridized carbons (Fsp3) is 0.375. The summed E-state index contributed by atoms with van der Waals surface area (Å²) in [5, 5.41) is 12.6. The first-order valence-corrected chi connectivity index (χ1v) is 7.92. The molecule has 0 saturated carbocycles. The zero-order valence-electron chi connectivity index (χ0n) is 13.6. The highest BCUT2D eigenvalue weighted by Crippen LogP contribution is 2.14. The van der Waals surface area contributed by atoms with Gasteiger partial charge in [-0.3, -0.25) is 9.48 Å².